The van der Waals surface area contributed by atoms with Crippen LogP contribution >= 0.6 is 0 Å². The molecule has 17 heavy (non-hydrogen) atoms. The van der Waals surface area contributed by atoms with Gasteiger partial charge in [-0.25, -0.2) is 0 Å². The first-order chi connectivity index (χ1) is 8.25. The Labute approximate surface area is 105 Å². The third-order valence-electron chi connectivity index (χ3n) is 4.06. The zero-order valence-corrected chi connectivity index (χ0v) is 11.0. The van der Waals surface area contributed by atoms with E-state index in [1.165, 1.54) is 31.2 Å². The van der Waals surface area contributed by atoms with Gasteiger partial charge < -0.3 is 5.32 Å². The van der Waals surface area contributed by atoms with Crippen molar-refractivity contribution in [2.45, 2.75) is 52.1 Å². The van der Waals surface area contributed by atoms with E-state index in [1.807, 2.05) is 12.4 Å². The summed E-state index contributed by atoms with van der Waals surface area (Å²) in [6.07, 6.45) is 9.21. The molecule has 1 aromatic heterocycles. The normalized spacial score (nSPS) is 25.1. The van der Waals surface area contributed by atoms with Gasteiger partial charge in [-0.15, -0.1) is 0 Å². The molecule has 1 N–H and O–H groups in total. The maximum atomic E-state index is 4.04. The van der Waals surface area contributed by atoms with Crippen molar-refractivity contribution in [1.29, 1.82) is 0 Å². The summed E-state index contributed by atoms with van der Waals surface area (Å²) in [6, 6.07) is 4.90. The van der Waals surface area contributed by atoms with Gasteiger partial charge in [0.1, 0.15) is 0 Å². The maximum absolute atomic E-state index is 4.04. The molecule has 1 aliphatic carbocycles. The molecule has 0 amide bonds. The molecule has 1 aromatic rings. The van der Waals surface area contributed by atoms with E-state index >= 15 is 0 Å². The Morgan fingerprint density at radius 3 is 2.41 bits per heavy atom. The van der Waals surface area contributed by atoms with Crippen LogP contribution in [-0.4, -0.2) is 11.0 Å². The molecule has 1 saturated carbocycles. The summed E-state index contributed by atoms with van der Waals surface area (Å²) in [5, 5.41) is 3.67. The molecule has 0 bridgehead atoms. The van der Waals surface area contributed by atoms with Crippen molar-refractivity contribution >= 4 is 0 Å². The molecule has 0 atom stereocenters. The predicted octanol–water partition coefficient (Wildman–Crippen LogP) is 3.39. The Kier molecular flexibility index (Phi) is 4.55. The van der Waals surface area contributed by atoms with Crippen LogP contribution in [0.5, 0.6) is 0 Å². The zero-order valence-electron chi connectivity index (χ0n) is 11.0. The number of hydrogen-bond acceptors (Lipinski definition) is 2. The van der Waals surface area contributed by atoms with E-state index in [0.29, 0.717) is 0 Å². The molecule has 0 radical (unpaired) electrons. The van der Waals surface area contributed by atoms with Gasteiger partial charge in [-0.3, -0.25) is 4.98 Å². The smallest absolute Gasteiger partial charge is 0.0271 e. The molecular formula is C15H24N2. The third kappa shape index (κ3) is 3.81. The van der Waals surface area contributed by atoms with Crippen LogP contribution in [0.25, 0.3) is 0 Å². The van der Waals surface area contributed by atoms with Crippen LogP contribution in [0, 0.1) is 11.8 Å². The monoisotopic (exact) mass is 232 g/mol. The van der Waals surface area contributed by atoms with Gasteiger partial charge in [-0.05, 0) is 55.2 Å². The minimum absolute atomic E-state index is 0.721. The molecular weight excluding hydrogens is 208 g/mol. The minimum atomic E-state index is 0.721. The number of rotatable bonds is 4. The van der Waals surface area contributed by atoms with Crippen molar-refractivity contribution in [3.05, 3.63) is 30.1 Å². The van der Waals surface area contributed by atoms with E-state index in [-0.39, 0.29) is 0 Å². The lowest BCUT2D eigenvalue weighted by Gasteiger charge is -2.31. The van der Waals surface area contributed by atoms with Crippen LogP contribution in [0.4, 0.5) is 0 Å². The highest BCUT2D eigenvalue weighted by Crippen LogP contribution is 2.29. The fraction of sp³-hybridized carbons (Fsp3) is 0.667. The summed E-state index contributed by atoms with van der Waals surface area (Å²) in [6.45, 7) is 5.70. The molecule has 0 aliphatic heterocycles. The third-order valence-corrected chi connectivity index (χ3v) is 4.06. The number of hydrogen-bond donors (Lipinski definition) is 1. The number of nitrogens with one attached hydrogen (secondary N) is 1. The molecule has 2 rings (SSSR count). The van der Waals surface area contributed by atoms with Crippen LogP contribution in [0.3, 0.4) is 0 Å². The van der Waals surface area contributed by atoms with Gasteiger partial charge in [-0.1, -0.05) is 13.8 Å². The van der Waals surface area contributed by atoms with Crippen molar-refractivity contribution < 1.29 is 0 Å². The molecule has 1 aliphatic rings. The number of aromatic nitrogens is 1. The van der Waals surface area contributed by atoms with Crippen molar-refractivity contribution in [1.82, 2.24) is 10.3 Å². The molecule has 0 saturated heterocycles. The Bertz CT molecular complexity index is 313. The second-order valence-electron chi connectivity index (χ2n) is 5.59. The Balaban J connectivity index is 1.72. The standard InChI is InChI=1S/C15H24N2/c1-12(2)14-3-5-15(6-4-14)17-11-13-7-9-16-10-8-13/h7-10,12,14-15,17H,3-6,11H2,1-2H3. The van der Waals surface area contributed by atoms with Gasteiger partial charge >= 0.3 is 0 Å². The van der Waals surface area contributed by atoms with Crippen LogP contribution < -0.4 is 5.32 Å². The molecule has 2 nitrogen and oxygen atoms in total. The van der Waals surface area contributed by atoms with Crippen molar-refractivity contribution in [2.24, 2.45) is 11.8 Å². The van der Waals surface area contributed by atoms with E-state index in [2.05, 4.69) is 36.3 Å². The summed E-state index contributed by atoms with van der Waals surface area (Å²) >= 11 is 0. The molecule has 1 heterocycles. The fourth-order valence-electron chi connectivity index (χ4n) is 2.75. The Morgan fingerprint density at radius 2 is 1.82 bits per heavy atom. The first kappa shape index (κ1) is 12.6. The summed E-state index contributed by atoms with van der Waals surface area (Å²) in [5.41, 5.74) is 1.34. The Hall–Kier alpha value is -0.890. The molecule has 0 aromatic carbocycles. The lowest BCUT2D eigenvalue weighted by molar-refractivity contribution is 0.238. The highest BCUT2D eigenvalue weighted by atomic mass is 14.9. The predicted molar refractivity (Wildman–Crippen MR) is 71.7 cm³/mol. The quantitative estimate of drug-likeness (QED) is 0.860. The van der Waals surface area contributed by atoms with Gasteiger partial charge in [0.2, 0.25) is 0 Å². The van der Waals surface area contributed by atoms with Gasteiger partial charge in [-0.2, -0.15) is 0 Å². The largest absolute Gasteiger partial charge is 0.310 e. The van der Waals surface area contributed by atoms with E-state index in [9.17, 15) is 0 Å². The summed E-state index contributed by atoms with van der Waals surface area (Å²) < 4.78 is 0. The molecule has 2 heteroatoms. The lowest BCUT2D eigenvalue weighted by Crippen LogP contribution is -2.33. The SMILES string of the molecule is CC(C)C1CCC(NCc2ccncc2)CC1. The van der Waals surface area contributed by atoms with Crippen LogP contribution in [-0.2, 0) is 6.54 Å². The topological polar surface area (TPSA) is 24.9 Å². The first-order valence-corrected chi connectivity index (χ1v) is 6.88. The van der Waals surface area contributed by atoms with E-state index in [0.717, 1.165) is 24.4 Å². The number of pyridine rings is 1. The maximum Gasteiger partial charge on any atom is 0.0271 e. The van der Waals surface area contributed by atoms with E-state index in [1.54, 1.807) is 0 Å². The highest BCUT2D eigenvalue weighted by molar-refractivity contribution is 5.09. The van der Waals surface area contributed by atoms with Crippen LogP contribution in [0.1, 0.15) is 45.1 Å². The molecule has 0 unspecified atom stereocenters. The van der Waals surface area contributed by atoms with Crippen LogP contribution in [0.15, 0.2) is 24.5 Å². The van der Waals surface area contributed by atoms with E-state index in [4.69, 9.17) is 0 Å². The second kappa shape index (κ2) is 6.15. The highest BCUT2D eigenvalue weighted by Gasteiger charge is 2.22. The average Bonchev–Trinajstić information content (AvgIpc) is 2.38. The summed E-state index contributed by atoms with van der Waals surface area (Å²) in [7, 11) is 0. The lowest BCUT2D eigenvalue weighted by atomic mass is 9.80. The summed E-state index contributed by atoms with van der Waals surface area (Å²) in [5.74, 6) is 1.81. The van der Waals surface area contributed by atoms with Crippen molar-refractivity contribution in [3.8, 4) is 0 Å². The van der Waals surface area contributed by atoms with Gasteiger partial charge in [0.15, 0.2) is 0 Å². The van der Waals surface area contributed by atoms with Gasteiger partial charge in [0.05, 0.1) is 0 Å². The van der Waals surface area contributed by atoms with Gasteiger partial charge in [0.25, 0.3) is 0 Å². The second-order valence-corrected chi connectivity index (χ2v) is 5.59. The van der Waals surface area contributed by atoms with Gasteiger partial charge in [0, 0.05) is 25.0 Å². The molecule has 1 fully saturated rings. The minimum Gasteiger partial charge on any atom is -0.310 e. The van der Waals surface area contributed by atoms with Crippen molar-refractivity contribution in [3.63, 3.8) is 0 Å². The average molecular weight is 232 g/mol. The molecule has 0 spiro atoms. The van der Waals surface area contributed by atoms with Crippen molar-refractivity contribution in [2.75, 3.05) is 0 Å². The zero-order chi connectivity index (χ0) is 12.1. The molecule has 94 valence electrons. The fourth-order valence-corrected chi connectivity index (χ4v) is 2.75. The van der Waals surface area contributed by atoms with E-state index < -0.39 is 0 Å². The Morgan fingerprint density at radius 1 is 1.18 bits per heavy atom. The number of nitrogens with zero attached hydrogens (tertiary/aromatic N) is 1. The summed E-state index contributed by atoms with van der Waals surface area (Å²) in [4.78, 5) is 4.04. The first-order valence-electron chi connectivity index (χ1n) is 6.88. The van der Waals surface area contributed by atoms with Crippen LogP contribution in [0.2, 0.25) is 0 Å².